The minimum absolute atomic E-state index is 0.253. The predicted molar refractivity (Wildman–Crippen MR) is 77.5 cm³/mol. The van der Waals surface area contributed by atoms with E-state index in [0.29, 0.717) is 11.6 Å². The summed E-state index contributed by atoms with van der Waals surface area (Å²) in [5, 5.41) is 2.90. The minimum atomic E-state index is -0.253. The summed E-state index contributed by atoms with van der Waals surface area (Å²) in [5.74, 6) is 0.227. The lowest BCUT2D eigenvalue weighted by Crippen LogP contribution is -2.14. The molecule has 5 heteroatoms. The monoisotopic (exact) mass is 322 g/mol. The number of aromatic nitrogens is 1. The third-order valence-electron chi connectivity index (χ3n) is 2.85. The Morgan fingerprint density at radius 1 is 1.42 bits per heavy atom. The quantitative estimate of drug-likeness (QED) is 0.933. The van der Waals surface area contributed by atoms with E-state index >= 15 is 0 Å². The molecule has 0 aliphatic heterocycles. The zero-order chi connectivity index (χ0) is 14.0. The minimum Gasteiger partial charge on any atom is -0.448 e. The fraction of sp³-hybridized carbons (Fsp3) is 0.286. The van der Waals surface area contributed by atoms with Crippen LogP contribution in [0.5, 0.6) is 0 Å². The van der Waals surface area contributed by atoms with Crippen LogP contribution >= 0.6 is 15.9 Å². The lowest BCUT2D eigenvalue weighted by molar-refractivity contribution is 0.102. The molecule has 100 valence electrons. The summed E-state index contributed by atoms with van der Waals surface area (Å²) in [6.45, 7) is 5.73. The van der Waals surface area contributed by atoms with Crippen LogP contribution < -0.4 is 5.32 Å². The van der Waals surface area contributed by atoms with Gasteiger partial charge >= 0.3 is 0 Å². The molecule has 0 saturated carbocycles. The molecule has 2 rings (SSSR count). The van der Waals surface area contributed by atoms with Crippen molar-refractivity contribution in [3.8, 4) is 0 Å². The van der Waals surface area contributed by atoms with Crippen LogP contribution in [0, 0.1) is 13.8 Å². The van der Waals surface area contributed by atoms with Crippen molar-refractivity contribution in [2.75, 3.05) is 5.32 Å². The number of benzene rings is 1. The number of oxazole rings is 1. The maximum absolute atomic E-state index is 12.1. The average molecular weight is 323 g/mol. The highest BCUT2D eigenvalue weighted by molar-refractivity contribution is 9.10. The molecule has 0 spiro atoms. The second-order valence-electron chi connectivity index (χ2n) is 4.32. The Morgan fingerprint density at radius 2 is 2.16 bits per heavy atom. The molecule has 0 unspecified atom stereocenters. The van der Waals surface area contributed by atoms with Gasteiger partial charge in [0.05, 0.1) is 0 Å². The molecule has 19 heavy (non-hydrogen) atoms. The van der Waals surface area contributed by atoms with Crippen LogP contribution in [0.3, 0.4) is 0 Å². The van der Waals surface area contributed by atoms with Gasteiger partial charge < -0.3 is 9.73 Å². The molecule has 0 saturated heterocycles. The third-order valence-corrected chi connectivity index (χ3v) is 3.31. The number of carbonyl (C=O) groups is 1. The third kappa shape index (κ3) is 3.04. The Bertz CT molecular complexity index is 620. The molecular weight excluding hydrogens is 308 g/mol. The fourth-order valence-corrected chi connectivity index (χ4v) is 2.54. The number of rotatable bonds is 3. The Labute approximate surface area is 120 Å². The van der Waals surface area contributed by atoms with Gasteiger partial charge in [0.1, 0.15) is 6.26 Å². The summed E-state index contributed by atoms with van der Waals surface area (Å²) in [6, 6.07) is 3.99. The van der Waals surface area contributed by atoms with Gasteiger partial charge in [0.25, 0.3) is 5.91 Å². The molecule has 0 radical (unpaired) electrons. The molecule has 4 nitrogen and oxygen atoms in total. The first-order valence-corrected chi connectivity index (χ1v) is 6.83. The Kier molecular flexibility index (Phi) is 4.04. The van der Waals surface area contributed by atoms with Gasteiger partial charge in [-0.1, -0.05) is 22.9 Å². The van der Waals surface area contributed by atoms with Crippen molar-refractivity contribution in [3.05, 3.63) is 45.6 Å². The zero-order valence-electron chi connectivity index (χ0n) is 11.1. The van der Waals surface area contributed by atoms with E-state index in [1.54, 1.807) is 6.92 Å². The van der Waals surface area contributed by atoms with Crippen molar-refractivity contribution in [2.24, 2.45) is 0 Å². The highest BCUT2D eigenvalue weighted by Crippen LogP contribution is 2.26. The van der Waals surface area contributed by atoms with E-state index in [2.05, 4.69) is 33.2 Å². The van der Waals surface area contributed by atoms with Gasteiger partial charge in [-0.05, 0) is 36.6 Å². The molecule has 0 bridgehead atoms. The van der Waals surface area contributed by atoms with Gasteiger partial charge in [0.2, 0.25) is 0 Å². The number of hydrogen-bond acceptors (Lipinski definition) is 3. The van der Waals surface area contributed by atoms with Gasteiger partial charge in [-0.15, -0.1) is 0 Å². The van der Waals surface area contributed by atoms with Crippen molar-refractivity contribution in [3.63, 3.8) is 0 Å². The van der Waals surface area contributed by atoms with E-state index in [4.69, 9.17) is 4.42 Å². The molecule has 1 aromatic carbocycles. The van der Waals surface area contributed by atoms with E-state index in [0.717, 1.165) is 27.7 Å². The normalized spacial score (nSPS) is 10.5. The first-order valence-electron chi connectivity index (χ1n) is 6.03. The smallest absolute Gasteiger partial charge is 0.277 e. The summed E-state index contributed by atoms with van der Waals surface area (Å²) in [5.41, 5.74) is 3.23. The molecule has 0 atom stereocenters. The van der Waals surface area contributed by atoms with Crippen LogP contribution in [0.15, 0.2) is 27.3 Å². The maximum atomic E-state index is 12.1. The molecular formula is C14H15BrN2O2. The summed E-state index contributed by atoms with van der Waals surface area (Å²) < 4.78 is 6.06. The zero-order valence-corrected chi connectivity index (χ0v) is 12.7. The number of aryl methyl sites for hydroxylation is 3. The summed E-state index contributed by atoms with van der Waals surface area (Å²) in [7, 11) is 0. The Balaban J connectivity index is 2.31. The molecule has 2 aromatic rings. The van der Waals surface area contributed by atoms with Crippen molar-refractivity contribution in [2.45, 2.75) is 27.2 Å². The number of hydrogen-bond donors (Lipinski definition) is 1. The first kappa shape index (κ1) is 13.8. The van der Waals surface area contributed by atoms with Crippen molar-refractivity contribution < 1.29 is 9.21 Å². The number of amides is 1. The van der Waals surface area contributed by atoms with Gasteiger partial charge in [-0.2, -0.15) is 0 Å². The lowest BCUT2D eigenvalue weighted by atomic mass is 10.1. The molecule has 0 aliphatic carbocycles. The maximum Gasteiger partial charge on any atom is 0.277 e. The van der Waals surface area contributed by atoms with Crippen molar-refractivity contribution in [1.82, 2.24) is 4.98 Å². The van der Waals surface area contributed by atoms with Crippen LogP contribution in [-0.2, 0) is 6.42 Å². The number of anilines is 1. The Morgan fingerprint density at radius 3 is 2.74 bits per heavy atom. The molecule has 1 heterocycles. The largest absolute Gasteiger partial charge is 0.448 e. The van der Waals surface area contributed by atoms with E-state index in [-0.39, 0.29) is 5.91 Å². The van der Waals surface area contributed by atoms with Gasteiger partial charge in [-0.25, -0.2) is 4.98 Å². The molecule has 1 aromatic heterocycles. The highest BCUT2D eigenvalue weighted by atomic mass is 79.9. The Hall–Kier alpha value is -1.62. The predicted octanol–water partition coefficient (Wildman–Crippen LogP) is 3.87. The lowest BCUT2D eigenvalue weighted by Gasteiger charge is -2.13. The van der Waals surface area contributed by atoms with E-state index in [1.165, 1.54) is 6.26 Å². The average Bonchev–Trinajstić information content (AvgIpc) is 2.78. The second-order valence-corrected chi connectivity index (χ2v) is 5.23. The summed E-state index contributed by atoms with van der Waals surface area (Å²) >= 11 is 3.46. The van der Waals surface area contributed by atoms with Crippen LogP contribution in [0.25, 0.3) is 0 Å². The van der Waals surface area contributed by atoms with E-state index < -0.39 is 0 Å². The van der Waals surface area contributed by atoms with Gasteiger partial charge in [-0.3, -0.25) is 4.79 Å². The fourth-order valence-electron chi connectivity index (χ4n) is 1.92. The van der Waals surface area contributed by atoms with Crippen LogP contribution in [0.1, 0.15) is 34.4 Å². The molecule has 1 amide bonds. The van der Waals surface area contributed by atoms with E-state index in [1.807, 2.05) is 19.1 Å². The number of halogens is 1. The topological polar surface area (TPSA) is 55.1 Å². The highest BCUT2D eigenvalue weighted by Gasteiger charge is 2.14. The molecule has 0 aliphatic rings. The number of nitrogens with zero attached hydrogens (tertiary/aromatic N) is 1. The van der Waals surface area contributed by atoms with Crippen LogP contribution in [-0.4, -0.2) is 10.9 Å². The van der Waals surface area contributed by atoms with Crippen LogP contribution in [0.4, 0.5) is 5.69 Å². The molecule has 0 fully saturated rings. The number of nitrogens with one attached hydrogen (secondary N) is 1. The summed E-state index contributed by atoms with van der Waals surface area (Å²) in [4.78, 5) is 16.1. The van der Waals surface area contributed by atoms with Crippen molar-refractivity contribution in [1.29, 1.82) is 0 Å². The van der Waals surface area contributed by atoms with Crippen LogP contribution in [0.2, 0.25) is 0 Å². The van der Waals surface area contributed by atoms with Gasteiger partial charge in [0.15, 0.2) is 11.6 Å². The van der Waals surface area contributed by atoms with Crippen molar-refractivity contribution >= 4 is 27.5 Å². The standard InChI is InChI=1S/C14H15BrN2O2/c1-4-10-6-11(15)5-8(2)13(10)17-14(18)12-7-19-9(3)16-12/h5-7H,4H2,1-3H3,(H,17,18). The first-order chi connectivity index (χ1) is 9.01. The van der Waals surface area contributed by atoms with E-state index in [9.17, 15) is 4.79 Å². The second kappa shape index (κ2) is 5.57. The number of carbonyl (C=O) groups excluding carboxylic acids is 1. The SMILES string of the molecule is CCc1cc(Br)cc(C)c1NC(=O)c1coc(C)n1. The molecule has 1 N–H and O–H groups in total. The van der Waals surface area contributed by atoms with Gasteiger partial charge in [0, 0.05) is 17.1 Å². The summed E-state index contributed by atoms with van der Waals surface area (Å²) in [6.07, 6.45) is 2.21.